The van der Waals surface area contributed by atoms with E-state index in [1.54, 1.807) is 7.11 Å². The number of ether oxygens (including phenoxy) is 2. The van der Waals surface area contributed by atoms with Gasteiger partial charge in [-0.3, -0.25) is 9.59 Å². The molecule has 1 aromatic carbocycles. The minimum Gasteiger partial charge on any atom is -0.484 e. The van der Waals surface area contributed by atoms with E-state index in [-0.39, 0.29) is 24.5 Å². The van der Waals surface area contributed by atoms with Crippen molar-refractivity contribution in [2.75, 3.05) is 33.4 Å². The quantitative estimate of drug-likeness (QED) is 0.731. The monoisotopic (exact) mass is 362 g/mol. The molecule has 1 aliphatic heterocycles. The highest BCUT2D eigenvalue weighted by Gasteiger charge is 2.23. The summed E-state index contributed by atoms with van der Waals surface area (Å²) in [4.78, 5) is 25.9. The SMILES string of the molecule is CCCc1ccc(OCC(=O)NC2CCN(C(=O)CCOC)CC2)cc1. The van der Waals surface area contributed by atoms with Crippen molar-refractivity contribution >= 4 is 11.8 Å². The summed E-state index contributed by atoms with van der Waals surface area (Å²) < 4.78 is 10.5. The first-order valence-corrected chi connectivity index (χ1v) is 9.40. The van der Waals surface area contributed by atoms with Crippen LogP contribution in [0.4, 0.5) is 0 Å². The summed E-state index contributed by atoms with van der Waals surface area (Å²) in [7, 11) is 1.59. The van der Waals surface area contributed by atoms with Gasteiger partial charge >= 0.3 is 0 Å². The summed E-state index contributed by atoms with van der Waals surface area (Å²) in [5.41, 5.74) is 1.27. The standard InChI is InChI=1S/C20H30N2O4/c1-3-4-16-5-7-18(8-6-16)26-15-19(23)21-17-9-12-22(13-10-17)20(24)11-14-25-2/h5-8,17H,3-4,9-15H2,1-2H3,(H,21,23). The zero-order valence-corrected chi connectivity index (χ0v) is 15.8. The lowest BCUT2D eigenvalue weighted by Crippen LogP contribution is -2.47. The van der Waals surface area contributed by atoms with E-state index in [0.29, 0.717) is 31.9 Å². The summed E-state index contributed by atoms with van der Waals surface area (Å²) in [5, 5.41) is 3.00. The molecule has 0 aliphatic carbocycles. The molecule has 0 aromatic heterocycles. The smallest absolute Gasteiger partial charge is 0.258 e. The molecule has 0 unspecified atom stereocenters. The number of amides is 2. The highest BCUT2D eigenvalue weighted by atomic mass is 16.5. The minimum absolute atomic E-state index is 0.0140. The van der Waals surface area contributed by atoms with Gasteiger partial charge in [-0.1, -0.05) is 25.5 Å². The fourth-order valence-corrected chi connectivity index (χ4v) is 3.08. The first kappa shape index (κ1) is 20.2. The van der Waals surface area contributed by atoms with Gasteiger partial charge < -0.3 is 19.7 Å². The van der Waals surface area contributed by atoms with E-state index in [0.717, 1.165) is 25.7 Å². The third-order valence-electron chi connectivity index (χ3n) is 4.56. The Morgan fingerprint density at radius 1 is 1.19 bits per heavy atom. The van der Waals surface area contributed by atoms with Crippen molar-refractivity contribution in [2.24, 2.45) is 0 Å². The Bertz CT molecular complexity index is 566. The van der Waals surface area contributed by atoms with Gasteiger partial charge in [0, 0.05) is 26.2 Å². The van der Waals surface area contributed by atoms with Gasteiger partial charge in [0.05, 0.1) is 13.0 Å². The molecule has 1 aliphatic rings. The van der Waals surface area contributed by atoms with Crippen LogP contribution in [-0.4, -0.2) is 56.2 Å². The van der Waals surface area contributed by atoms with Crippen LogP contribution in [0.15, 0.2) is 24.3 Å². The molecule has 1 saturated heterocycles. The number of likely N-dealkylation sites (tertiary alicyclic amines) is 1. The van der Waals surface area contributed by atoms with Crippen LogP contribution in [0.25, 0.3) is 0 Å². The van der Waals surface area contributed by atoms with Gasteiger partial charge in [-0.2, -0.15) is 0 Å². The molecular weight excluding hydrogens is 332 g/mol. The number of carbonyl (C=O) groups excluding carboxylic acids is 2. The van der Waals surface area contributed by atoms with E-state index in [1.165, 1.54) is 5.56 Å². The molecule has 0 saturated carbocycles. The van der Waals surface area contributed by atoms with Crippen LogP contribution in [0.3, 0.4) is 0 Å². The zero-order chi connectivity index (χ0) is 18.8. The molecule has 6 heteroatoms. The molecule has 1 aromatic rings. The van der Waals surface area contributed by atoms with Gasteiger partial charge in [0.25, 0.3) is 5.91 Å². The number of carbonyl (C=O) groups is 2. The number of methoxy groups -OCH3 is 1. The first-order valence-electron chi connectivity index (χ1n) is 9.40. The molecule has 1 fully saturated rings. The minimum atomic E-state index is -0.119. The van der Waals surface area contributed by atoms with Crippen LogP contribution < -0.4 is 10.1 Å². The van der Waals surface area contributed by atoms with Gasteiger partial charge in [0.2, 0.25) is 5.91 Å². The van der Waals surface area contributed by atoms with E-state index in [9.17, 15) is 9.59 Å². The fourth-order valence-electron chi connectivity index (χ4n) is 3.08. The predicted octanol–water partition coefficient (Wildman–Crippen LogP) is 2.16. The lowest BCUT2D eigenvalue weighted by atomic mass is 10.0. The Morgan fingerprint density at radius 3 is 2.50 bits per heavy atom. The lowest BCUT2D eigenvalue weighted by Gasteiger charge is -2.32. The van der Waals surface area contributed by atoms with E-state index >= 15 is 0 Å². The number of hydrogen-bond donors (Lipinski definition) is 1. The lowest BCUT2D eigenvalue weighted by molar-refractivity contribution is -0.133. The Labute approximate surface area is 155 Å². The summed E-state index contributed by atoms with van der Waals surface area (Å²) >= 11 is 0. The highest BCUT2D eigenvalue weighted by Crippen LogP contribution is 2.14. The van der Waals surface area contributed by atoms with Crippen molar-refractivity contribution < 1.29 is 19.1 Å². The normalized spacial score (nSPS) is 14.9. The zero-order valence-electron chi connectivity index (χ0n) is 15.8. The largest absolute Gasteiger partial charge is 0.484 e. The van der Waals surface area contributed by atoms with Crippen molar-refractivity contribution in [3.8, 4) is 5.75 Å². The van der Waals surface area contributed by atoms with Crippen molar-refractivity contribution in [1.82, 2.24) is 10.2 Å². The average molecular weight is 362 g/mol. The van der Waals surface area contributed by atoms with Crippen molar-refractivity contribution in [3.05, 3.63) is 29.8 Å². The van der Waals surface area contributed by atoms with Gasteiger partial charge in [0.15, 0.2) is 6.61 Å². The summed E-state index contributed by atoms with van der Waals surface area (Å²) in [6.45, 7) is 3.96. The van der Waals surface area contributed by atoms with Crippen LogP contribution in [0.5, 0.6) is 5.75 Å². The van der Waals surface area contributed by atoms with Crippen molar-refractivity contribution in [2.45, 2.75) is 45.1 Å². The number of nitrogens with one attached hydrogen (secondary N) is 1. The summed E-state index contributed by atoms with van der Waals surface area (Å²) in [6.07, 6.45) is 4.12. The average Bonchev–Trinajstić information content (AvgIpc) is 2.66. The van der Waals surface area contributed by atoms with Gasteiger partial charge in [0.1, 0.15) is 5.75 Å². The highest BCUT2D eigenvalue weighted by molar-refractivity contribution is 5.78. The molecule has 26 heavy (non-hydrogen) atoms. The molecule has 0 spiro atoms. The van der Waals surface area contributed by atoms with Gasteiger partial charge in [-0.25, -0.2) is 0 Å². The topological polar surface area (TPSA) is 67.9 Å². The Kier molecular flexibility index (Phi) is 8.41. The second-order valence-corrected chi connectivity index (χ2v) is 6.65. The molecular formula is C20H30N2O4. The van der Waals surface area contributed by atoms with Gasteiger partial charge in [-0.15, -0.1) is 0 Å². The van der Waals surface area contributed by atoms with E-state index in [1.807, 2.05) is 29.2 Å². The molecule has 1 N–H and O–H groups in total. The number of rotatable bonds is 9. The van der Waals surface area contributed by atoms with Crippen LogP contribution in [0, 0.1) is 0 Å². The molecule has 1 heterocycles. The third kappa shape index (κ3) is 6.67. The number of piperidine rings is 1. The Hall–Kier alpha value is -2.08. The van der Waals surface area contributed by atoms with Crippen molar-refractivity contribution in [3.63, 3.8) is 0 Å². The van der Waals surface area contributed by atoms with E-state index in [4.69, 9.17) is 9.47 Å². The summed E-state index contributed by atoms with van der Waals surface area (Å²) in [5.74, 6) is 0.705. The molecule has 144 valence electrons. The number of hydrogen-bond acceptors (Lipinski definition) is 4. The third-order valence-corrected chi connectivity index (χ3v) is 4.56. The van der Waals surface area contributed by atoms with Crippen LogP contribution >= 0.6 is 0 Å². The second kappa shape index (κ2) is 10.8. The Balaban J connectivity index is 1.66. The number of benzene rings is 1. The van der Waals surface area contributed by atoms with E-state index in [2.05, 4.69) is 12.2 Å². The molecule has 0 atom stereocenters. The molecule has 0 radical (unpaired) electrons. The van der Waals surface area contributed by atoms with Crippen molar-refractivity contribution in [1.29, 1.82) is 0 Å². The molecule has 0 bridgehead atoms. The number of aryl methyl sites for hydroxylation is 1. The fraction of sp³-hybridized carbons (Fsp3) is 0.600. The predicted molar refractivity (Wildman–Crippen MR) is 100 cm³/mol. The van der Waals surface area contributed by atoms with Crippen LogP contribution in [0.2, 0.25) is 0 Å². The molecule has 2 rings (SSSR count). The maximum Gasteiger partial charge on any atom is 0.258 e. The van der Waals surface area contributed by atoms with E-state index < -0.39 is 0 Å². The van der Waals surface area contributed by atoms with Crippen LogP contribution in [0.1, 0.15) is 38.2 Å². The molecule has 2 amide bonds. The Morgan fingerprint density at radius 2 is 1.88 bits per heavy atom. The summed E-state index contributed by atoms with van der Waals surface area (Å²) in [6, 6.07) is 7.98. The first-order chi connectivity index (χ1) is 12.6. The maximum atomic E-state index is 12.1. The molecule has 6 nitrogen and oxygen atoms in total. The van der Waals surface area contributed by atoms with Gasteiger partial charge in [-0.05, 0) is 37.0 Å². The number of nitrogens with zero attached hydrogens (tertiary/aromatic N) is 1. The maximum absolute atomic E-state index is 12.1. The van der Waals surface area contributed by atoms with Crippen LogP contribution in [-0.2, 0) is 20.7 Å². The second-order valence-electron chi connectivity index (χ2n) is 6.65.